The molecule has 0 radical (unpaired) electrons. The van der Waals surface area contributed by atoms with E-state index in [2.05, 4.69) is 14.9 Å². The number of anilines is 1. The van der Waals surface area contributed by atoms with Crippen LogP contribution < -0.4 is 4.90 Å². The maximum atomic E-state index is 12.5. The van der Waals surface area contributed by atoms with Crippen LogP contribution in [0.4, 0.5) is 5.82 Å². The van der Waals surface area contributed by atoms with Crippen molar-refractivity contribution < 1.29 is 14.7 Å². The number of carbonyl (C=O) groups excluding carboxylic acids is 1. The van der Waals surface area contributed by atoms with Crippen LogP contribution in [-0.2, 0) is 0 Å². The average molecular weight is 326 g/mol. The van der Waals surface area contributed by atoms with Gasteiger partial charge in [0.25, 0.3) is 5.91 Å². The molecule has 0 aliphatic carbocycles. The first-order valence-corrected chi connectivity index (χ1v) is 7.71. The Kier molecular flexibility index (Phi) is 4.41. The zero-order valence-electron chi connectivity index (χ0n) is 13.3. The standard InChI is InChI=1S/C17H18N4O3/c1-12-3-2-6-18-15(12)20-7-9-21(10-8-20)16(22)14-5-4-13(11-19-14)17(23)24/h2-6,11H,7-10H2,1H3,(H,23,24). The van der Waals surface area contributed by atoms with Gasteiger partial charge in [-0.25, -0.2) is 9.78 Å². The molecule has 24 heavy (non-hydrogen) atoms. The third-order valence-electron chi connectivity index (χ3n) is 4.08. The van der Waals surface area contributed by atoms with Crippen molar-refractivity contribution in [3.63, 3.8) is 0 Å². The monoisotopic (exact) mass is 326 g/mol. The number of carboxylic acids is 1. The van der Waals surface area contributed by atoms with Crippen molar-refractivity contribution in [2.24, 2.45) is 0 Å². The molecule has 1 saturated heterocycles. The number of aromatic nitrogens is 2. The lowest BCUT2D eigenvalue weighted by atomic mass is 10.2. The van der Waals surface area contributed by atoms with Crippen molar-refractivity contribution in [3.8, 4) is 0 Å². The number of pyridine rings is 2. The van der Waals surface area contributed by atoms with E-state index in [-0.39, 0.29) is 17.2 Å². The van der Waals surface area contributed by atoms with Crippen LogP contribution in [0.25, 0.3) is 0 Å². The van der Waals surface area contributed by atoms with Crippen molar-refractivity contribution in [2.75, 3.05) is 31.1 Å². The van der Waals surface area contributed by atoms with Crippen molar-refractivity contribution in [1.29, 1.82) is 0 Å². The Hall–Kier alpha value is -2.96. The van der Waals surface area contributed by atoms with Gasteiger partial charge in [-0.05, 0) is 30.7 Å². The fourth-order valence-corrected chi connectivity index (χ4v) is 2.74. The number of piperazine rings is 1. The first-order chi connectivity index (χ1) is 11.6. The highest BCUT2D eigenvalue weighted by Crippen LogP contribution is 2.18. The molecular weight excluding hydrogens is 308 g/mol. The van der Waals surface area contributed by atoms with Gasteiger partial charge in [-0.1, -0.05) is 6.07 Å². The highest BCUT2D eigenvalue weighted by Gasteiger charge is 2.24. The van der Waals surface area contributed by atoms with Crippen LogP contribution in [0.2, 0.25) is 0 Å². The molecule has 0 spiro atoms. The van der Waals surface area contributed by atoms with E-state index in [4.69, 9.17) is 5.11 Å². The summed E-state index contributed by atoms with van der Waals surface area (Å²) in [5.41, 5.74) is 1.45. The number of carbonyl (C=O) groups is 2. The summed E-state index contributed by atoms with van der Waals surface area (Å²) in [5, 5.41) is 8.88. The van der Waals surface area contributed by atoms with E-state index in [9.17, 15) is 9.59 Å². The fraction of sp³-hybridized carbons (Fsp3) is 0.294. The van der Waals surface area contributed by atoms with Crippen LogP contribution >= 0.6 is 0 Å². The fourth-order valence-electron chi connectivity index (χ4n) is 2.74. The third-order valence-corrected chi connectivity index (χ3v) is 4.08. The molecule has 3 heterocycles. The zero-order valence-corrected chi connectivity index (χ0v) is 13.3. The summed E-state index contributed by atoms with van der Waals surface area (Å²) in [6, 6.07) is 6.79. The second-order valence-corrected chi connectivity index (χ2v) is 5.66. The number of aromatic carboxylic acids is 1. The Labute approximate surface area is 139 Å². The van der Waals surface area contributed by atoms with Gasteiger partial charge in [-0.2, -0.15) is 0 Å². The van der Waals surface area contributed by atoms with Crippen LogP contribution in [0.15, 0.2) is 36.7 Å². The first kappa shape index (κ1) is 15.9. The highest BCUT2D eigenvalue weighted by molar-refractivity contribution is 5.94. The van der Waals surface area contributed by atoms with E-state index in [0.29, 0.717) is 26.2 Å². The van der Waals surface area contributed by atoms with E-state index in [1.165, 1.54) is 18.3 Å². The number of aryl methyl sites for hydroxylation is 1. The van der Waals surface area contributed by atoms with E-state index in [1.54, 1.807) is 11.1 Å². The molecule has 1 aliphatic heterocycles. The first-order valence-electron chi connectivity index (χ1n) is 7.71. The number of nitrogens with zero attached hydrogens (tertiary/aromatic N) is 4. The van der Waals surface area contributed by atoms with Gasteiger partial charge in [0.1, 0.15) is 11.5 Å². The van der Waals surface area contributed by atoms with E-state index in [1.807, 2.05) is 19.1 Å². The van der Waals surface area contributed by atoms with Gasteiger partial charge in [0.15, 0.2) is 0 Å². The van der Waals surface area contributed by atoms with Gasteiger partial charge < -0.3 is 14.9 Å². The molecule has 1 aliphatic rings. The van der Waals surface area contributed by atoms with Crippen molar-refractivity contribution in [1.82, 2.24) is 14.9 Å². The van der Waals surface area contributed by atoms with Crippen molar-refractivity contribution in [3.05, 3.63) is 53.5 Å². The Morgan fingerprint density at radius 3 is 2.42 bits per heavy atom. The maximum Gasteiger partial charge on any atom is 0.337 e. The molecule has 1 N–H and O–H groups in total. The second kappa shape index (κ2) is 6.66. The van der Waals surface area contributed by atoms with Gasteiger partial charge in [-0.15, -0.1) is 0 Å². The molecule has 0 aromatic carbocycles. The van der Waals surface area contributed by atoms with Crippen molar-refractivity contribution in [2.45, 2.75) is 6.92 Å². The van der Waals surface area contributed by atoms with Crippen LogP contribution in [0, 0.1) is 6.92 Å². The molecule has 2 aromatic rings. The number of rotatable bonds is 3. The topological polar surface area (TPSA) is 86.6 Å². The lowest BCUT2D eigenvalue weighted by molar-refractivity contribution is 0.0691. The Balaban J connectivity index is 1.65. The Morgan fingerprint density at radius 2 is 1.83 bits per heavy atom. The predicted molar refractivity (Wildman–Crippen MR) is 88.3 cm³/mol. The van der Waals surface area contributed by atoms with Gasteiger partial charge in [-0.3, -0.25) is 9.78 Å². The molecule has 1 fully saturated rings. The van der Waals surface area contributed by atoms with E-state index in [0.717, 1.165) is 11.4 Å². The number of amides is 1. The van der Waals surface area contributed by atoms with Gasteiger partial charge in [0.2, 0.25) is 0 Å². The molecule has 7 heteroatoms. The zero-order chi connectivity index (χ0) is 17.1. The number of carboxylic acid groups (broad SMARTS) is 1. The molecule has 124 valence electrons. The molecule has 0 atom stereocenters. The Morgan fingerprint density at radius 1 is 1.08 bits per heavy atom. The summed E-state index contributed by atoms with van der Waals surface area (Å²) in [4.78, 5) is 35.6. The van der Waals surface area contributed by atoms with Crippen LogP contribution in [-0.4, -0.2) is 58.0 Å². The van der Waals surface area contributed by atoms with Crippen LogP contribution in [0.5, 0.6) is 0 Å². The summed E-state index contributed by atoms with van der Waals surface area (Å²) in [6.45, 7) is 4.59. The van der Waals surface area contributed by atoms with Gasteiger partial charge in [0.05, 0.1) is 5.56 Å². The largest absolute Gasteiger partial charge is 0.478 e. The SMILES string of the molecule is Cc1cccnc1N1CCN(C(=O)c2ccc(C(=O)O)cn2)CC1. The molecule has 0 unspecified atom stereocenters. The minimum atomic E-state index is -1.05. The summed E-state index contributed by atoms with van der Waals surface area (Å²) in [6.07, 6.45) is 2.98. The molecule has 7 nitrogen and oxygen atoms in total. The molecule has 1 amide bonds. The molecule has 0 bridgehead atoms. The van der Waals surface area contributed by atoms with E-state index >= 15 is 0 Å². The second-order valence-electron chi connectivity index (χ2n) is 5.66. The predicted octanol–water partition coefficient (Wildman–Crippen LogP) is 1.45. The maximum absolute atomic E-state index is 12.5. The quantitative estimate of drug-likeness (QED) is 0.918. The molecular formula is C17H18N4O3. The van der Waals surface area contributed by atoms with E-state index < -0.39 is 5.97 Å². The molecule has 0 saturated carbocycles. The van der Waals surface area contributed by atoms with Gasteiger partial charge >= 0.3 is 5.97 Å². The highest BCUT2D eigenvalue weighted by atomic mass is 16.4. The third kappa shape index (κ3) is 3.19. The Bertz CT molecular complexity index is 753. The number of hydrogen-bond acceptors (Lipinski definition) is 5. The van der Waals surface area contributed by atoms with Gasteiger partial charge in [0, 0.05) is 38.6 Å². The minimum absolute atomic E-state index is 0.0713. The normalized spacial score (nSPS) is 14.5. The lowest BCUT2D eigenvalue weighted by Crippen LogP contribution is -2.49. The average Bonchev–Trinajstić information content (AvgIpc) is 2.62. The van der Waals surface area contributed by atoms with Crippen molar-refractivity contribution >= 4 is 17.7 Å². The summed E-state index contributed by atoms with van der Waals surface area (Å²) in [5.74, 6) is -0.279. The number of hydrogen-bond donors (Lipinski definition) is 1. The lowest BCUT2D eigenvalue weighted by Gasteiger charge is -2.35. The molecule has 3 rings (SSSR count). The molecule has 2 aromatic heterocycles. The summed E-state index contributed by atoms with van der Waals surface area (Å²) >= 11 is 0. The van der Waals surface area contributed by atoms with Crippen LogP contribution in [0.1, 0.15) is 26.4 Å². The van der Waals surface area contributed by atoms with Crippen LogP contribution in [0.3, 0.4) is 0 Å². The minimum Gasteiger partial charge on any atom is -0.478 e. The summed E-state index contributed by atoms with van der Waals surface area (Å²) in [7, 11) is 0. The summed E-state index contributed by atoms with van der Waals surface area (Å²) < 4.78 is 0. The smallest absolute Gasteiger partial charge is 0.337 e.